The number of ketones is 1. The molecule has 0 amide bonds. The molecule has 0 saturated carbocycles. The summed E-state index contributed by atoms with van der Waals surface area (Å²) in [6.07, 6.45) is 9.24. The maximum absolute atomic E-state index is 11.8. The van der Waals surface area contributed by atoms with E-state index >= 15 is 0 Å². The summed E-state index contributed by atoms with van der Waals surface area (Å²) in [5.41, 5.74) is 6.05. The Morgan fingerprint density at radius 1 is 1.00 bits per heavy atom. The number of carbonyl (C=O) groups excluding carboxylic acids is 1. The average Bonchev–Trinajstić information content (AvgIpc) is 3.37. The van der Waals surface area contributed by atoms with Crippen LogP contribution >= 0.6 is 0 Å². The van der Waals surface area contributed by atoms with Crippen molar-refractivity contribution < 1.29 is 4.79 Å². The first-order valence-electron chi connectivity index (χ1n) is 10.2. The first-order valence-corrected chi connectivity index (χ1v) is 10.2. The molecule has 5 nitrogen and oxygen atoms in total. The highest BCUT2D eigenvalue weighted by Crippen LogP contribution is 2.28. The van der Waals surface area contributed by atoms with Crippen LogP contribution in [-0.2, 0) is 13.0 Å². The quantitative estimate of drug-likeness (QED) is 0.744. The van der Waals surface area contributed by atoms with Crippen molar-refractivity contribution >= 4 is 5.78 Å². The van der Waals surface area contributed by atoms with Gasteiger partial charge in [0.05, 0.1) is 11.4 Å². The number of likely N-dealkylation sites (tertiary alicyclic amines) is 1. The van der Waals surface area contributed by atoms with Crippen LogP contribution in [-0.4, -0.2) is 38.7 Å². The van der Waals surface area contributed by atoms with Crippen molar-refractivity contribution in [1.82, 2.24) is 19.9 Å². The number of piperidine rings is 1. The minimum Gasteiger partial charge on any atom is -0.344 e. The molecule has 1 aromatic carbocycles. The van der Waals surface area contributed by atoms with E-state index in [2.05, 4.69) is 33.1 Å². The Labute approximate surface area is 164 Å². The van der Waals surface area contributed by atoms with Crippen LogP contribution in [0.2, 0.25) is 0 Å². The topological polar surface area (TPSA) is 61.9 Å². The molecule has 1 fully saturated rings. The highest BCUT2D eigenvalue weighted by Gasteiger charge is 2.20. The fourth-order valence-corrected chi connectivity index (χ4v) is 4.24. The Morgan fingerprint density at radius 2 is 1.86 bits per heavy atom. The molecule has 1 aliphatic heterocycles. The maximum Gasteiger partial charge on any atom is 0.163 e. The summed E-state index contributed by atoms with van der Waals surface area (Å²) in [4.78, 5) is 27.0. The lowest BCUT2D eigenvalue weighted by Gasteiger charge is -2.25. The normalized spacial score (nSPS) is 17.1. The van der Waals surface area contributed by atoms with E-state index in [0.717, 1.165) is 52.4 Å². The monoisotopic (exact) mass is 372 g/mol. The van der Waals surface area contributed by atoms with Gasteiger partial charge in [-0.3, -0.25) is 14.7 Å². The van der Waals surface area contributed by atoms with Gasteiger partial charge in [0.25, 0.3) is 0 Å². The molecule has 0 radical (unpaired) electrons. The molecular formula is C23H24N4O. The van der Waals surface area contributed by atoms with Gasteiger partial charge >= 0.3 is 0 Å². The van der Waals surface area contributed by atoms with Gasteiger partial charge in [-0.25, -0.2) is 4.98 Å². The minimum absolute atomic E-state index is 0.250. The van der Waals surface area contributed by atoms with Gasteiger partial charge in [0, 0.05) is 42.0 Å². The molecule has 28 heavy (non-hydrogen) atoms. The van der Waals surface area contributed by atoms with Crippen molar-refractivity contribution in [2.24, 2.45) is 0 Å². The number of hydrogen-bond donors (Lipinski definition) is 1. The number of carbonyl (C=O) groups is 1. The summed E-state index contributed by atoms with van der Waals surface area (Å²) in [5, 5.41) is 0. The van der Waals surface area contributed by atoms with Gasteiger partial charge < -0.3 is 4.98 Å². The van der Waals surface area contributed by atoms with E-state index in [4.69, 9.17) is 4.98 Å². The van der Waals surface area contributed by atoms with E-state index in [1.807, 2.05) is 24.5 Å². The molecule has 1 aliphatic carbocycles. The largest absolute Gasteiger partial charge is 0.344 e. The third-order valence-electron chi connectivity index (χ3n) is 5.83. The highest BCUT2D eigenvalue weighted by molar-refractivity contribution is 6.00. The van der Waals surface area contributed by atoms with Crippen molar-refractivity contribution in [1.29, 1.82) is 0 Å². The zero-order chi connectivity index (χ0) is 18.9. The van der Waals surface area contributed by atoms with Crippen molar-refractivity contribution in [3.63, 3.8) is 0 Å². The third-order valence-corrected chi connectivity index (χ3v) is 5.83. The number of Topliss-reactive ketones (excluding diaryl/α,β-unsaturated/α-hetero) is 1. The van der Waals surface area contributed by atoms with E-state index < -0.39 is 0 Å². The first-order chi connectivity index (χ1) is 13.8. The number of fused-ring (bicyclic) bond motifs is 1. The maximum atomic E-state index is 11.8. The van der Waals surface area contributed by atoms with Gasteiger partial charge in [-0.05, 0) is 56.1 Å². The van der Waals surface area contributed by atoms with Crippen LogP contribution in [0.15, 0.2) is 42.7 Å². The molecule has 0 unspecified atom stereocenters. The van der Waals surface area contributed by atoms with Crippen LogP contribution in [0.3, 0.4) is 0 Å². The number of H-pyrrole nitrogens is 1. The smallest absolute Gasteiger partial charge is 0.163 e. The summed E-state index contributed by atoms with van der Waals surface area (Å²) >= 11 is 0. The molecule has 142 valence electrons. The highest BCUT2D eigenvalue weighted by atomic mass is 16.1. The van der Waals surface area contributed by atoms with Gasteiger partial charge in [-0.2, -0.15) is 0 Å². The van der Waals surface area contributed by atoms with E-state index in [0.29, 0.717) is 6.42 Å². The lowest BCUT2D eigenvalue weighted by molar-refractivity contribution is 0.0994. The summed E-state index contributed by atoms with van der Waals surface area (Å²) < 4.78 is 0. The molecule has 0 atom stereocenters. The zero-order valence-electron chi connectivity index (χ0n) is 15.9. The fraction of sp³-hybridized carbons (Fsp3) is 0.348. The molecule has 2 aromatic heterocycles. The Morgan fingerprint density at radius 3 is 2.68 bits per heavy atom. The van der Waals surface area contributed by atoms with E-state index in [9.17, 15) is 4.79 Å². The SMILES string of the molecule is O=C1CCc2cc(-c3c[nH]c(-c4ccc(CN5CCCCC5)nc4)n3)ccc21. The van der Waals surface area contributed by atoms with Crippen LogP contribution in [0.1, 0.15) is 47.3 Å². The lowest BCUT2D eigenvalue weighted by Crippen LogP contribution is -2.29. The standard InChI is InChI=1S/C23H24N4O/c28-22-9-6-16-12-17(5-8-20(16)22)21-14-25-23(26-21)18-4-7-19(24-13-18)15-27-10-2-1-3-11-27/h4-5,7-8,12-14H,1-3,6,9-11,15H2,(H,25,26). The molecule has 3 aromatic rings. The van der Waals surface area contributed by atoms with Gasteiger partial charge in [-0.1, -0.05) is 18.6 Å². The molecule has 1 saturated heterocycles. The number of pyridine rings is 1. The second kappa shape index (κ2) is 7.32. The number of aryl methyl sites for hydroxylation is 1. The molecule has 1 N–H and O–H groups in total. The van der Waals surface area contributed by atoms with Crippen LogP contribution in [0.5, 0.6) is 0 Å². The lowest BCUT2D eigenvalue weighted by atomic mass is 10.0. The van der Waals surface area contributed by atoms with Gasteiger partial charge in [0.1, 0.15) is 5.82 Å². The summed E-state index contributed by atoms with van der Waals surface area (Å²) in [7, 11) is 0. The van der Waals surface area contributed by atoms with E-state index in [1.165, 1.54) is 32.4 Å². The Balaban J connectivity index is 1.32. The molecule has 2 aliphatic rings. The van der Waals surface area contributed by atoms with E-state index in [-0.39, 0.29) is 5.78 Å². The van der Waals surface area contributed by atoms with Crippen molar-refractivity contribution in [2.45, 2.75) is 38.6 Å². The average molecular weight is 372 g/mol. The van der Waals surface area contributed by atoms with Crippen molar-refractivity contribution in [3.8, 4) is 22.6 Å². The number of nitrogens with one attached hydrogen (secondary N) is 1. The molecule has 3 heterocycles. The number of rotatable bonds is 4. The number of imidazole rings is 1. The van der Waals surface area contributed by atoms with Crippen LogP contribution in [0.4, 0.5) is 0 Å². The summed E-state index contributed by atoms with van der Waals surface area (Å²) in [6.45, 7) is 3.28. The van der Waals surface area contributed by atoms with Crippen LogP contribution in [0.25, 0.3) is 22.6 Å². The molecule has 5 rings (SSSR count). The molecule has 5 heteroatoms. The van der Waals surface area contributed by atoms with Gasteiger partial charge in [0.2, 0.25) is 0 Å². The van der Waals surface area contributed by atoms with Crippen LogP contribution in [0, 0.1) is 0 Å². The number of nitrogens with zero attached hydrogens (tertiary/aromatic N) is 3. The summed E-state index contributed by atoms with van der Waals surface area (Å²) in [5.74, 6) is 1.07. The predicted octanol–water partition coefficient (Wildman–Crippen LogP) is 4.25. The second-order valence-corrected chi connectivity index (χ2v) is 7.80. The van der Waals surface area contributed by atoms with Gasteiger partial charge in [0.15, 0.2) is 5.78 Å². The Kier molecular flexibility index (Phi) is 4.53. The predicted molar refractivity (Wildman–Crippen MR) is 109 cm³/mol. The third kappa shape index (κ3) is 3.38. The Bertz CT molecular complexity index is 1000. The number of aromatic nitrogens is 3. The Hall–Kier alpha value is -2.79. The second-order valence-electron chi connectivity index (χ2n) is 7.80. The first kappa shape index (κ1) is 17.3. The van der Waals surface area contributed by atoms with Crippen LogP contribution < -0.4 is 0 Å². The number of benzene rings is 1. The minimum atomic E-state index is 0.250. The summed E-state index contributed by atoms with van der Waals surface area (Å²) in [6, 6.07) is 10.2. The van der Waals surface area contributed by atoms with E-state index in [1.54, 1.807) is 0 Å². The molecule has 0 bridgehead atoms. The van der Waals surface area contributed by atoms with Crippen molar-refractivity contribution in [3.05, 3.63) is 59.5 Å². The molecular weight excluding hydrogens is 348 g/mol. The van der Waals surface area contributed by atoms with Gasteiger partial charge in [-0.15, -0.1) is 0 Å². The van der Waals surface area contributed by atoms with Crippen molar-refractivity contribution in [2.75, 3.05) is 13.1 Å². The number of hydrogen-bond acceptors (Lipinski definition) is 4. The zero-order valence-corrected chi connectivity index (χ0v) is 15.9. The fourth-order valence-electron chi connectivity index (χ4n) is 4.24. The number of aromatic amines is 1. The molecule has 0 spiro atoms.